The Morgan fingerprint density at radius 3 is 2.55 bits per heavy atom. The van der Waals surface area contributed by atoms with Crippen molar-refractivity contribution in [2.75, 3.05) is 23.3 Å². The number of amides is 1. The Labute approximate surface area is 181 Å². The van der Waals surface area contributed by atoms with Crippen LogP contribution in [0.4, 0.5) is 11.5 Å². The van der Waals surface area contributed by atoms with E-state index in [9.17, 15) is 4.79 Å². The minimum atomic E-state index is -0.308. The number of aromatic nitrogens is 2. The van der Waals surface area contributed by atoms with E-state index in [0.29, 0.717) is 16.9 Å². The van der Waals surface area contributed by atoms with Crippen LogP contribution in [0.5, 0.6) is 0 Å². The Hall–Kier alpha value is -3.41. The fourth-order valence-electron chi connectivity index (χ4n) is 4.24. The number of rotatable bonds is 3. The zero-order valence-corrected chi connectivity index (χ0v) is 17.9. The van der Waals surface area contributed by atoms with Crippen LogP contribution >= 0.6 is 0 Å². The van der Waals surface area contributed by atoms with Gasteiger partial charge < -0.3 is 14.6 Å². The molecule has 6 nitrogen and oxygen atoms in total. The Bertz CT molecular complexity index is 1270. The Morgan fingerprint density at radius 2 is 1.74 bits per heavy atom. The number of aryl methyl sites for hydroxylation is 1. The number of carbonyl (C=O) groups is 1. The maximum absolute atomic E-state index is 13.2. The number of hydrogen-bond acceptors (Lipinski definition) is 5. The van der Waals surface area contributed by atoms with Crippen molar-refractivity contribution in [3.8, 4) is 0 Å². The van der Waals surface area contributed by atoms with Gasteiger partial charge >= 0.3 is 0 Å². The van der Waals surface area contributed by atoms with E-state index in [1.807, 2.05) is 56.3 Å². The molecule has 2 aromatic heterocycles. The summed E-state index contributed by atoms with van der Waals surface area (Å²) in [7, 11) is 0. The Balaban J connectivity index is 1.63. The lowest BCUT2D eigenvalue weighted by Crippen LogP contribution is -2.27. The number of nitrogens with one attached hydrogen (secondary N) is 1. The second-order valence-electron chi connectivity index (χ2n) is 8.25. The Morgan fingerprint density at radius 1 is 0.968 bits per heavy atom. The largest absolute Gasteiger partial charge is 0.450 e. The van der Waals surface area contributed by atoms with Crippen LogP contribution in [0, 0.1) is 13.8 Å². The van der Waals surface area contributed by atoms with Gasteiger partial charge in [0.25, 0.3) is 5.91 Å². The predicted octanol–water partition coefficient (Wildman–Crippen LogP) is 5.63. The standard InChI is InChI=1S/C25H26N4O2/c1-16-10-9-12-19(17(16)2)26-25(30)23-27-21-18-11-5-6-13-20(18)31-22(21)24(28-23)29-14-7-3-4-8-15-29/h5-6,9-13H,3-4,7-8,14-15H2,1-2H3,(H,26,30). The van der Waals surface area contributed by atoms with Crippen molar-refractivity contribution in [3.63, 3.8) is 0 Å². The number of hydrogen-bond donors (Lipinski definition) is 1. The molecule has 0 radical (unpaired) electrons. The summed E-state index contributed by atoms with van der Waals surface area (Å²) in [6.45, 7) is 5.84. The van der Waals surface area contributed by atoms with Crippen LogP contribution < -0.4 is 10.2 Å². The zero-order chi connectivity index (χ0) is 21.4. The number of nitrogens with zero attached hydrogens (tertiary/aromatic N) is 3. The molecule has 31 heavy (non-hydrogen) atoms. The second kappa shape index (κ2) is 8.02. The molecule has 0 spiro atoms. The maximum atomic E-state index is 13.2. The quantitative estimate of drug-likeness (QED) is 0.471. The third kappa shape index (κ3) is 3.63. The minimum absolute atomic E-state index is 0.166. The summed E-state index contributed by atoms with van der Waals surface area (Å²) in [6, 6.07) is 13.7. The molecular weight excluding hydrogens is 388 g/mol. The first kappa shape index (κ1) is 19.5. The highest BCUT2D eigenvalue weighted by atomic mass is 16.3. The molecule has 0 bridgehead atoms. The van der Waals surface area contributed by atoms with Gasteiger partial charge in [-0.1, -0.05) is 37.1 Å². The average molecular weight is 415 g/mol. The van der Waals surface area contributed by atoms with Crippen LogP contribution in [-0.4, -0.2) is 29.0 Å². The minimum Gasteiger partial charge on any atom is -0.450 e. The van der Waals surface area contributed by atoms with E-state index in [4.69, 9.17) is 9.40 Å². The Kier molecular flexibility index (Phi) is 5.06. The lowest BCUT2D eigenvalue weighted by Gasteiger charge is -2.21. The molecule has 158 valence electrons. The lowest BCUT2D eigenvalue weighted by molar-refractivity contribution is 0.101. The monoisotopic (exact) mass is 414 g/mol. The van der Waals surface area contributed by atoms with E-state index >= 15 is 0 Å². The van der Waals surface area contributed by atoms with E-state index in [-0.39, 0.29) is 11.7 Å². The summed E-state index contributed by atoms with van der Waals surface area (Å²) in [6.07, 6.45) is 4.64. The first-order valence-electron chi connectivity index (χ1n) is 10.9. The van der Waals surface area contributed by atoms with Gasteiger partial charge in [-0.05, 0) is 56.0 Å². The van der Waals surface area contributed by atoms with Crippen molar-refractivity contribution >= 4 is 39.5 Å². The molecule has 2 aromatic carbocycles. The average Bonchev–Trinajstić information content (AvgIpc) is 2.94. The summed E-state index contributed by atoms with van der Waals surface area (Å²) in [5.41, 5.74) is 5.05. The van der Waals surface area contributed by atoms with Gasteiger partial charge in [0.15, 0.2) is 11.4 Å². The SMILES string of the molecule is Cc1cccc(NC(=O)c2nc(N3CCCCCC3)c3oc4ccccc4c3n2)c1C. The third-order valence-corrected chi connectivity index (χ3v) is 6.16. The molecule has 3 heterocycles. The number of carbonyl (C=O) groups excluding carboxylic acids is 1. The smallest absolute Gasteiger partial charge is 0.293 e. The number of benzene rings is 2. The number of anilines is 2. The van der Waals surface area contributed by atoms with Crippen LogP contribution in [-0.2, 0) is 0 Å². The highest BCUT2D eigenvalue weighted by molar-refractivity contribution is 6.09. The summed E-state index contributed by atoms with van der Waals surface area (Å²) in [5.74, 6) is 0.574. The topological polar surface area (TPSA) is 71.3 Å². The van der Waals surface area contributed by atoms with E-state index in [0.717, 1.165) is 53.7 Å². The molecule has 0 saturated carbocycles. The van der Waals surface area contributed by atoms with Gasteiger partial charge in [0, 0.05) is 24.2 Å². The second-order valence-corrected chi connectivity index (χ2v) is 8.25. The van der Waals surface area contributed by atoms with Crippen LogP contribution in [0.15, 0.2) is 46.9 Å². The predicted molar refractivity (Wildman–Crippen MR) is 124 cm³/mol. The van der Waals surface area contributed by atoms with Crippen LogP contribution in [0.1, 0.15) is 47.4 Å². The van der Waals surface area contributed by atoms with Gasteiger partial charge in [-0.15, -0.1) is 0 Å². The molecular formula is C25H26N4O2. The van der Waals surface area contributed by atoms with E-state index in [1.165, 1.54) is 12.8 Å². The molecule has 1 aliphatic rings. The molecule has 0 atom stereocenters. The molecule has 0 unspecified atom stereocenters. The molecule has 4 aromatic rings. The molecule has 1 fully saturated rings. The molecule has 1 N–H and O–H groups in total. The molecule has 1 saturated heterocycles. The van der Waals surface area contributed by atoms with Crippen molar-refractivity contribution in [2.45, 2.75) is 39.5 Å². The fraction of sp³-hybridized carbons (Fsp3) is 0.320. The normalized spacial score (nSPS) is 14.7. The van der Waals surface area contributed by atoms with Gasteiger partial charge in [0.05, 0.1) is 0 Å². The van der Waals surface area contributed by atoms with Gasteiger partial charge in [-0.2, -0.15) is 0 Å². The number of furan rings is 1. The summed E-state index contributed by atoms with van der Waals surface area (Å²) in [4.78, 5) is 24.8. The van der Waals surface area contributed by atoms with E-state index in [2.05, 4.69) is 15.2 Å². The van der Waals surface area contributed by atoms with Crippen LogP contribution in [0.3, 0.4) is 0 Å². The summed E-state index contributed by atoms with van der Waals surface area (Å²) < 4.78 is 6.17. The highest BCUT2D eigenvalue weighted by Crippen LogP contribution is 2.34. The summed E-state index contributed by atoms with van der Waals surface area (Å²) >= 11 is 0. The van der Waals surface area contributed by atoms with Crippen LogP contribution in [0.2, 0.25) is 0 Å². The number of para-hydroxylation sites is 1. The van der Waals surface area contributed by atoms with Crippen molar-refractivity contribution in [1.82, 2.24) is 9.97 Å². The van der Waals surface area contributed by atoms with Crippen LogP contribution in [0.25, 0.3) is 22.1 Å². The van der Waals surface area contributed by atoms with E-state index < -0.39 is 0 Å². The van der Waals surface area contributed by atoms with Crippen molar-refractivity contribution in [1.29, 1.82) is 0 Å². The lowest BCUT2D eigenvalue weighted by atomic mass is 10.1. The van der Waals surface area contributed by atoms with Gasteiger partial charge in [-0.25, -0.2) is 9.97 Å². The highest BCUT2D eigenvalue weighted by Gasteiger charge is 2.23. The molecule has 6 heteroatoms. The molecule has 1 aliphatic heterocycles. The van der Waals surface area contributed by atoms with Gasteiger partial charge in [-0.3, -0.25) is 4.79 Å². The van der Waals surface area contributed by atoms with Crippen molar-refractivity contribution in [2.24, 2.45) is 0 Å². The van der Waals surface area contributed by atoms with Crippen molar-refractivity contribution in [3.05, 3.63) is 59.4 Å². The fourth-order valence-corrected chi connectivity index (χ4v) is 4.24. The van der Waals surface area contributed by atoms with Gasteiger partial charge in [0.1, 0.15) is 11.1 Å². The first-order chi connectivity index (χ1) is 15.1. The zero-order valence-electron chi connectivity index (χ0n) is 17.9. The van der Waals surface area contributed by atoms with Crippen molar-refractivity contribution < 1.29 is 9.21 Å². The molecule has 0 aliphatic carbocycles. The maximum Gasteiger partial charge on any atom is 0.293 e. The molecule has 5 rings (SSSR count). The summed E-state index contributed by atoms with van der Waals surface area (Å²) in [5, 5.41) is 3.90. The third-order valence-electron chi connectivity index (χ3n) is 6.16. The van der Waals surface area contributed by atoms with E-state index in [1.54, 1.807) is 0 Å². The molecule has 1 amide bonds. The first-order valence-corrected chi connectivity index (χ1v) is 10.9. The van der Waals surface area contributed by atoms with Gasteiger partial charge in [0.2, 0.25) is 5.82 Å². The number of fused-ring (bicyclic) bond motifs is 3.